The zero-order valence-electron chi connectivity index (χ0n) is 22.9. The summed E-state index contributed by atoms with van der Waals surface area (Å²) in [5, 5.41) is 11.9. The van der Waals surface area contributed by atoms with Crippen LogP contribution in [-0.4, -0.2) is 57.7 Å². The summed E-state index contributed by atoms with van der Waals surface area (Å²) in [5.74, 6) is -0.591. The van der Waals surface area contributed by atoms with E-state index >= 15 is 0 Å². The van der Waals surface area contributed by atoms with Crippen molar-refractivity contribution < 1.29 is 19.4 Å². The summed E-state index contributed by atoms with van der Waals surface area (Å²) in [4.78, 5) is 32.3. The van der Waals surface area contributed by atoms with Crippen molar-refractivity contribution >= 4 is 39.8 Å². The lowest BCUT2D eigenvalue weighted by molar-refractivity contribution is -0.135. The summed E-state index contributed by atoms with van der Waals surface area (Å²) in [5.41, 5.74) is 6.14. The van der Waals surface area contributed by atoms with Crippen molar-refractivity contribution in [3.63, 3.8) is 0 Å². The largest absolute Gasteiger partial charge is 0.478 e. The van der Waals surface area contributed by atoms with Crippen LogP contribution in [0, 0.1) is 0 Å². The van der Waals surface area contributed by atoms with Crippen LogP contribution < -0.4 is 0 Å². The highest BCUT2D eigenvalue weighted by Crippen LogP contribution is 2.44. The molecule has 2 fully saturated rings. The van der Waals surface area contributed by atoms with Gasteiger partial charge in [0.25, 0.3) is 0 Å². The number of rotatable bonds is 6. The van der Waals surface area contributed by atoms with Crippen molar-refractivity contribution in [2.45, 2.75) is 51.5 Å². The molecule has 206 valence electrons. The topological polar surface area (TPSA) is 84.7 Å². The predicted octanol–water partition coefficient (Wildman–Crippen LogP) is 6.49. The fourth-order valence-corrected chi connectivity index (χ4v) is 6.39. The second kappa shape index (κ2) is 11.3. The van der Waals surface area contributed by atoms with E-state index in [4.69, 9.17) is 9.72 Å². The van der Waals surface area contributed by atoms with Crippen LogP contribution >= 0.6 is 0 Å². The first kappa shape index (κ1) is 26.3. The molecule has 6 rings (SSSR count). The summed E-state index contributed by atoms with van der Waals surface area (Å²) in [6, 6.07) is 15.8. The Morgan fingerprint density at radius 2 is 1.82 bits per heavy atom. The number of ether oxygens (including phenoxy) is 1. The Labute approximate surface area is 234 Å². The number of nitrogens with zero attached hydrogens (tertiary/aromatic N) is 3. The van der Waals surface area contributed by atoms with E-state index in [9.17, 15) is 14.7 Å². The molecule has 1 amide bonds. The fraction of sp³-hybridized carbons (Fsp3) is 0.364. The van der Waals surface area contributed by atoms with Crippen LogP contribution in [0.25, 0.3) is 39.1 Å². The Hall–Kier alpha value is -3.97. The van der Waals surface area contributed by atoms with Crippen molar-refractivity contribution in [3.05, 3.63) is 71.4 Å². The number of benzene rings is 2. The third-order valence-electron chi connectivity index (χ3n) is 8.34. The number of allylic oxidation sites excluding steroid dienone is 1. The molecule has 1 aliphatic heterocycles. The second-order valence-corrected chi connectivity index (χ2v) is 10.9. The zero-order valence-corrected chi connectivity index (χ0v) is 22.9. The van der Waals surface area contributed by atoms with Gasteiger partial charge in [0.05, 0.1) is 41.2 Å². The molecule has 0 unspecified atom stereocenters. The van der Waals surface area contributed by atoms with Gasteiger partial charge in [-0.25, -0.2) is 9.78 Å². The van der Waals surface area contributed by atoms with Gasteiger partial charge in [-0.2, -0.15) is 0 Å². The number of aromatic carboxylic acids is 1. The minimum Gasteiger partial charge on any atom is -0.478 e. The molecule has 0 atom stereocenters. The number of pyridine rings is 1. The molecule has 1 N–H and O–H groups in total. The summed E-state index contributed by atoms with van der Waals surface area (Å²) in [7, 11) is 0. The summed E-state index contributed by atoms with van der Waals surface area (Å²) < 4.78 is 7.55. The monoisotopic (exact) mass is 537 g/mol. The van der Waals surface area contributed by atoms with Gasteiger partial charge in [0, 0.05) is 23.9 Å². The molecule has 0 radical (unpaired) electrons. The SMILES string of the molecule is C/C=C/c1ccc2cc(-c3c(C4CCCCC4)c4ccc(C(=O)O)cc4n3CC(=O)N3CCOCC3)ccc2n1. The molecule has 40 heavy (non-hydrogen) atoms. The predicted molar refractivity (Wildman–Crippen MR) is 158 cm³/mol. The van der Waals surface area contributed by atoms with E-state index in [-0.39, 0.29) is 18.0 Å². The molecule has 7 nitrogen and oxygen atoms in total. The number of aromatic nitrogens is 2. The molecule has 4 aromatic rings. The molecule has 2 aromatic heterocycles. The molecular formula is C33H35N3O4. The number of carbonyl (C=O) groups is 2. The van der Waals surface area contributed by atoms with Crippen LogP contribution in [0.15, 0.2) is 54.6 Å². The molecule has 2 aromatic carbocycles. The normalized spacial score (nSPS) is 16.8. The van der Waals surface area contributed by atoms with Gasteiger partial charge in [-0.3, -0.25) is 4.79 Å². The first-order valence-corrected chi connectivity index (χ1v) is 14.3. The second-order valence-electron chi connectivity index (χ2n) is 10.9. The minimum absolute atomic E-state index is 0.0239. The van der Waals surface area contributed by atoms with Gasteiger partial charge < -0.3 is 19.3 Å². The zero-order chi connectivity index (χ0) is 27.6. The van der Waals surface area contributed by atoms with E-state index in [1.807, 2.05) is 36.1 Å². The molecule has 7 heteroatoms. The fourth-order valence-electron chi connectivity index (χ4n) is 6.39. The van der Waals surface area contributed by atoms with Crippen molar-refractivity contribution in [2.24, 2.45) is 0 Å². The lowest BCUT2D eigenvalue weighted by atomic mass is 9.81. The van der Waals surface area contributed by atoms with Gasteiger partial charge in [0.1, 0.15) is 6.54 Å². The van der Waals surface area contributed by atoms with Crippen LogP contribution in [-0.2, 0) is 16.1 Å². The Morgan fingerprint density at radius 1 is 1.02 bits per heavy atom. The first-order valence-electron chi connectivity index (χ1n) is 14.3. The summed E-state index contributed by atoms with van der Waals surface area (Å²) in [6.45, 7) is 4.34. The molecular weight excluding hydrogens is 502 g/mol. The van der Waals surface area contributed by atoms with E-state index in [0.717, 1.165) is 51.6 Å². The lowest BCUT2D eigenvalue weighted by Crippen LogP contribution is -2.42. The Bertz CT molecular complexity index is 1610. The molecule has 1 saturated heterocycles. The van der Waals surface area contributed by atoms with Gasteiger partial charge in [-0.1, -0.05) is 43.5 Å². The number of amides is 1. The average molecular weight is 538 g/mol. The highest BCUT2D eigenvalue weighted by Gasteiger charge is 2.29. The quantitative estimate of drug-likeness (QED) is 0.304. The van der Waals surface area contributed by atoms with E-state index in [0.29, 0.717) is 32.2 Å². The standard InChI is InChI=1S/C33H35N3O4/c1-2-6-26-12-9-23-19-24(11-14-28(23)34-26)32-31(22-7-4-3-5-8-22)27-13-10-25(33(38)39)20-29(27)36(32)21-30(37)35-15-17-40-18-16-35/h2,6,9-14,19-20,22H,3-5,7-8,15-18,21H2,1H3,(H,38,39)/b6-2+. The Balaban J connectivity index is 1.57. The van der Waals surface area contributed by atoms with Crippen LogP contribution in [0.5, 0.6) is 0 Å². The number of carboxylic acids is 1. The van der Waals surface area contributed by atoms with Crippen molar-refractivity contribution in [1.29, 1.82) is 0 Å². The van der Waals surface area contributed by atoms with Crippen LogP contribution in [0.1, 0.15) is 66.6 Å². The third kappa shape index (κ3) is 5.02. The maximum Gasteiger partial charge on any atom is 0.335 e. The van der Waals surface area contributed by atoms with E-state index in [1.54, 1.807) is 12.1 Å². The molecule has 1 saturated carbocycles. The average Bonchev–Trinajstić information content (AvgIpc) is 3.31. The summed E-state index contributed by atoms with van der Waals surface area (Å²) in [6.07, 6.45) is 9.73. The molecule has 0 spiro atoms. The van der Waals surface area contributed by atoms with Gasteiger partial charge in [0.2, 0.25) is 5.91 Å². The minimum atomic E-state index is -0.969. The van der Waals surface area contributed by atoms with Crippen LogP contribution in [0.4, 0.5) is 0 Å². The van der Waals surface area contributed by atoms with Gasteiger partial charge in [0.15, 0.2) is 0 Å². The molecule has 1 aliphatic carbocycles. The molecule has 3 heterocycles. The van der Waals surface area contributed by atoms with Gasteiger partial charge >= 0.3 is 5.97 Å². The molecule has 2 aliphatic rings. The number of hydrogen-bond acceptors (Lipinski definition) is 4. The van der Waals surface area contributed by atoms with E-state index < -0.39 is 5.97 Å². The van der Waals surface area contributed by atoms with Crippen LogP contribution in [0.2, 0.25) is 0 Å². The number of carbonyl (C=O) groups excluding carboxylic acids is 1. The third-order valence-corrected chi connectivity index (χ3v) is 8.34. The van der Waals surface area contributed by atoms with Crippen molar-refractivity contribution in [1.82, 2.24) is 14.5 Å². The lowest BCUT2D eigenvalue weighted by Gasteiger charge is -2.28. The maximum absolute atomic E-state index is 13.6. The highest BCUT2D eigenvalue weighted by atomic mass is 16.5. The highest BCUT2D eigenvalue weighted by molar-refractivity contribution is 6.00. The van der Waals surface area contributed by atoms with E-state index in [1.165, 1.54) is 24.8 Å². The van der Waals surface area contributed by atoms with Crippen molar-refractivity contribution in [2.75, 3.05) is 26.3 Å². The van der Waals surface area contributed by atoms with Crippen LogP contribution in [0.3, 0.4) is 0 Å². The smallest absolute Gasteiger partial charge is 0.335 e. The van der Waals surface area contributed by atoms with Crippen molar-refractivity contribution in [3.8, 4) is 11.3 Å². The first-order chi connectivity index (χ1) is 19.5. The Morgan fingerprint density at radius 3 is 2.58 bits per heavy atom. The summed E-state index contributed by atoms with van der Waals surface area (Å²) >= 11 is 0. The van der Waals surface area contributed by atoms with Gasteiger partial charge in [-0.15, -0.1) is 0 Å². The number of carboxylic acid groups (broad SMARTS) is 1. The number of morpholine rings is 1. The van der Waals surface area contributed by atoms with E-state index in [2.05, 4.69) is 28.8 Å². The Kier molecular flexibility index (Phi) is 7.39. The molecule has 0 bridgehead atoms. The number of hydrogen-bond donors (Lipinski definition) is 1. The van der Waals surface area contributed by atoms with Gasteiger partial charge in [-0.05, 0) is 73.2 Å². The number of fused-ring (bicyclic) bond motifs is 2. The maximum atomic E-state index is 13.6.